The van der Waals surface area contributed by atoms with Crippen molar-refractivity contribution in [1.82, 2.24) is 15.5 Å². The largest absolute Gasteiger partial charge is 0.488 e. The third-order valence-corrected chi connectivity index (χ3v) is 5.25. The number of nitrogens with zero attached hydrogens (tertiary/aromatic N) is 1. The van der Waals surface area contributed by atoms with E-state index in [0.717, 1.165) is 19.5 Å². The summed E-state index contributed by atoms with van der Waals surface area (Å²) >= 11 is 0. The summed E-state index contributed by atoms with van der Waals surface area (Å²) in [6.07, 6.45) is 4.11. The van der Waals surface area contributed by atoms with Gasteiger partial charge < -0.3 is 30.1 Å². The van der Waals surface area contributed by atoms with Crippen LogP contribution in [0.1, 0.15) is 40.5 Å². The van der Waals surface area contributed by atoms with Gasteiger partial charge in [-0.25, -0.2) is 0 Å². The molecule has 3 rings (SSSR count). The number of benzene rings is 2. The summed E-state index contributed by atoms with van der Waals surface area (Å²) in [4.78, 5) is 26.8. The first-order valence-corrected chi connectivity index (χ1v) is 11.2. The van der Waals surface area contributed by atoms with Gasteiger partial charge in [0, 0.05) is 37.3 Å². The molecule has 9 nitrogen and oxygen atoms in total. The highest BCUT2D eigenvalue weighted by Gasteiger charge is 2.21. The molecule has 1 aliphatic rings. The van der Waals surface area contributed by atoms with Crippen molar-refractivity contribution < 1.29 is 24.2 Å². The average Bonchev–Trinajstić information content (AvgIpc) is 2.80. The normalized spacial score (nSPS) is 13.7. The van der Waals surface area contributed by atoms with Gasteiger partial charge in [0.15, 0.2) is 0 Å². The summed E-state index contributed by atoms with van der Waals surface area (Å²) in [7, 11) is 1.69. The van der Waals surface area contributed by atoms with Crippen LogP contribution in [0.5, 0.6) is 17.2 Å². The monoisotopic (exact) mass is 466 g/mol. The predicted octanol–water partition coefficient (Wildman–Crippen LogP) is 2.91. The van der Waals surface area contributed by atoms with Gasteiger partial charge in [0.2, 0.25) is 0 Å². The van der Waals surface area contributed by atoms with E-state index in [1.54, 1.807) is 42.3 Å². The molecule has 1 fully saturated rings. The average molecular weight is 467 g/mol. The summed E-state index contributed by atoms with van der Waals surface area (Å²) in [5, 5.41) is 22.6. The van der Waals surface area contributed by atoms with Crippen molar-refractivity contribution in [3.8, 4) is 17.2 Å². The Balaban J connectivity index is 1.80. The second-order valence-corrected chi connectivity index (χ2v) is 7.79. The molecule has 0 saturated carbocycles. The van der Waals surface area contributed by atoms with E-state index in [4.69, 9.17) is 14.9 Å². The molecule has 1 atom stereocenters. The summed E-state index contributed by atoms with van der Waals surface area (Å²) in [6, 6.07) is 11.5. The first-order chi connectivity index (χ1) is 16.4. The van der Waals surface area contributed by atoms with Crippen molar-refractivity contribution in [2.45, 2.75) is 25.9 Å². The van der Waals surface area contributed by atoms with Crippen LogP contribution in [0.25, 0.3) is 0 Å². The molecule has 2 aromatic rings. The minimum absolute atomic E-state index is 0.00321. The number of nitrogens with one attached hydrogen (secondary N) is 3. The Hall–Kier alpha value is -3.85. The molecule has 0 spiro atoms. The second-order valence-electron chi connectivity index (χ2n) is 7.79. The van der Waals surface area contributed by atoms with Crippen LogP contribution < -0.4 is 20.1 Å². The number of hydrogen-bond acceptors (Lipinski definition) is 7. The predicted molar refractivity (Wildman–Crippen MR) is 129 cm³/mol. The fraction of sp³-hybridized carbons (Fsp3) is 0.320. The lowest BCUT2D eigenvalue weighted by molar-refractivity contribution is 0.0651. The highest BCUT2D eigenvalue weighted by atomic mass is 16.5. The maximum atomic E-state index is 12.7. The number of rotatable bonds is 10. The van der Waals surface area contributed by atoms with Gasteiger partial charge in [0.05, 0.1) is 6.61 Å². The Morgan fingerprint density at radius 2 is 1.82 bits per heavy atom. The standard InChI is InChI=1S/C25H30N4O5/c1-3-19(16-30)33-21-13-18(24(31)28-23(26)9-10-27-2)14-22(15-21)34-20-7-5-17(6-8-20)25(32)29-11-4-12-29/h5-10,13-15,19,27,30H,3-4,11-12,16H2,1-2H3,(H2,26,28,31)/b10-9-. The van der Waals surface area contributed by atoms with E-state index in [9.17, 15) is 14.7 Å². The van der Waals surface area contributed by atoms with Gasteiger partial charge in [-0.05, 0) is 61.5 Å². The zero-order chi connectivity index (χ0) is 24.5. The van der Waals surface area contributed by atoms with Crippen LogP contribution in [0.4, 0.5) is 0 Å². The van der Waals surface area contributed by atoms with Crippen molar-refractivity contribution in [2.75, 3.05) is 26.7 Å². The van der Waals surface area contributed by atoms with Crippen molar-refractivity contribution in [2.24, 2.45) is 0 Å². The number of amides is 2. The van der Waals surface area contributed by atoms with E-state index in [1.165, 1.54) is 24.4 Å². The van der Waals surface area contributed by atoms with Crippen molar-refractivity contribution in [1.29, 1.82) is 5.41 Å². The van der Waals surface area contributed by atoms with E-state index in [2.05, 4.69) is 10.6 Å². The molecule has 1 saturated heterocycles. The van der Waals surface area contributed by atoms with Gasteiger partial charge in [-0.1, -0.05) is 6.92 Å². The molecule has 0 aromatic heterocycles. The zero-order valence-electron chi connectivity index (χ0n) is 19.3. The summed E-state index contributed by atoms with van der Waals surface area (Å²) in [6.45, 7) is 3.27. The smallest absolute Gasteiger partial charge is 0.257 e. The highest BCUT2D eigenvalue weighted by molar-refractivity contribution is 6.09. The molecule has 1 heterocycles. The van der Waals surface area contributed by atoms with Crippen LogP contribution in [-0.2, 0) is 0 Å². The number of carbonyl (C=O) groups excluding carboxylic acids is 2. The summed E-state index contributed by atoms with van der Waals surface area (Å²) in [5.41, 5.74) is 0.818. The lowest BCUT2D eigenvalue weighted by Crippen LogP contribution is -2.41. The van der Waals surface area contributed by atoms with Gasteiger partial charge in [-0.2, -0.15) is 0 Å². The van der Waals surface area contributed by atoms with Gasteiger partial charge in [-0.15, -0.1) is 0 Å². The van der Waals surface area contributed by atoms with Crippen LogP contribution in [0, 0.1) is 5.41 Å². The van der Waals surface area contributed by atoms with Crippen LogP contribution in [-0.4, -0.2) is 60.5 Å². The first-order valence-electron chi connectivity index (χ1n) is 11.2. The number of ether oxygens (including phenoxy) is 2. The molecule has 2 aromatic carbocycles. The molecule has 180 valence electrons. The van der Waals surface area contributed by atoms with Gasteiger partial charge in [0.25, 0.3) is 11.8 Å². The Kier molecular flexibility index (Phi) is 8.64. The Morgan fingerprint density at radius 3 is 2.41 bits per heavy atom. The van der Waals surface area contributed by atoms with E-state index >= 15 is 0 Å². The molecule has 34 heavy (non-hydrogen) atoms. The van der Waals surface area contributed by atoms with Crippen molar-refractivity contribution in [3.05, 3.63) is 65.9 Å². The zero-order valence-corrected chi connectivity index (χ0v) is 19.3. The molecule has 0 aliphatic carbocycles. The Labute approximate surface area is 198 Å². The van der Waals surface area contributed by atoms with E-state index in [-0.39, 0.29) is 23.9 Å². The first kappa shape index (κ1) is 24.8. The number of likely N-dealkylation sites (tertiary alicyclic amines) is 1. The minimum atomic E-state index is -0.506. The lowest BCUT2D eigenvalue weighted by Gasteiger charge is -2.30. The number of aliphatic hydroxyl groups excluding tert-OH is 1. The number of amidine groups is 1. The lowest BCUT2D eigenvalue weighted by atomic mass is 10.1. The second kappa shape index (κ2) is 11.9. The Morgan fingerprint density at radius 1 is 1.12 bits per heavy atom. The van der Waals surface area contributed by atoms with Crippen LogP contribution in [0.2, 0.25) is 0 Å². The molecule has 1 unspecified atom stereocenters. The van der Waals surface area contributed by atoms with Gasteiger partial charge in [-0.3, -0.25) is 15.0 Å². The molecule has 2 amide bonds. The maximum absolute atomic E-state index is 12.7. The third kappa shape index (κ3) is 6.58. The quantitative estimate of drug-likeness (QED) is 0.315. The van der Waals surface area contributed by atoms with Crippen molar-refractivity contribution >= 4 is 17.6 Å². The number of hydrogen-bond donors (Lipinski definition) is 4. The number of aliphatic hydroxyl groups is 1. The fourth-order valence-electron chi connectivity index (χ4n) is 3.18. The SMILES string of the molecule is CCC(CO)Oc1cc(Oc2ccc(C(=O)N3CCC3)cc2)cc(C(=O)NC(=N)/C=C\NC)c1. The minimum Gasteiger partial charge on any atom is -0.488 e. The van der Waals surface area contributed by atoms with Crippen LogP contribution in [0.15, 0.2) is 54.7 Å². The molecule has 0 bridgehead atoms. The van der Waals surface area contributed by atoms with E-state index < -0.39 is 12.0 Å². The fourth-order valence-corrected chi connectivity index (χ4v) is 3.18. The summed E-state index contributed by atoms with van der Waals surface area (Å²) in [5.74, 6) is 0.588. The van der Waals surface area contributed by atoms with Gasteiger partial charge >= 0.3 is 0 Å². The third-order valence-electron chi connectivity index (χ3n) is 5.25. The molecular weight excluding hydrogens is 436 g/mol. The molecule has 4 N–H and O–H groups in total. The maximum Gasteiger partial charge on any atom is 0.257 e. The molecule has 1 aliphatic heterocycles. The van der Waals surface area contributed by atoms with Gasteiger partial charge in [0.1, 0.15) is 29.2 Å². The molecular formula is C25H30N4O5. The van der Waals surface area contributed by atoms with E-state index in [1.807, 2.05) is 6.92 Å². The van der Waals surface area contributed by atoms with Crippen molar-refractivity contribution in [3.63, 3.8) is 0 Å². The topological polar surface area (TPSA) is 124 Å². The Bertz CT molecular complexity index is 1040. The van der Waals surface area contributed by atoms with E-state index in [0.29, 0.717) is 29.2 Å². The summed E-state index contributed by atoms with van der Waals surface area (Å²) < 4.78 is 11.7. The molecule has 9 heteroatoms. The number of carbonyl (C=O) groups is 2. The highest BCUT2D eigenvalue weighted by Crippen LogP contribution is 2.29. The molecule has 0 radical (unpaired) electrons. The van der Waals surface area contributed by atoms with Crippen LogP contribution >= 0.6 is 0 Å². The van der Waals surface area contributed by atoms with Crippen LogP contribution in [0.3, 0.4) is 0 Å².